The van der Waals surface area contributed by atoms with Crippen LogP contribution in [0.1, 0.15) is 19.5 Å². The summed E-state index contributed by atoms with van der Waals surface area (Å²) in [6.07, 6.45) is -4.86. The van der Waals surface area contributed by atoms with E-state index in [1.807, 2.05) is 5.43 Å². The molecular formula is C8H11F3N4O. The number of hydrogen-bond donors (Lipinski definition) is 2. The molecule has 0 unspecified atom stereocenters. The molecule has 8 heteroatoms. The molecule has 0 spiro atoms. The number of aromatic nitrogens is 2. The second kappa shape index (κ2) is 4.52. The Kier molecular flexibility index (Phi) is 3.53. The number of nitrogens with two attached hydrogens (primary N) is 1. The van der Waals surface area contributed by atoms with E-state index >= 15 is 0 Å². The fraction of sp³-hybridized carbons (Fsp3) is 0.500. The van der Waals surface area contributed by atoms with E-state index in [-0.39, 0.29) is 17.9 Å². The first-order chi connectivity index (χ1) is 7.32. The second-order valence-electron chi connectivity index (χ2n) is 3.22. The van der Waals surface area contributed by atoms with Crippen molar-refractivity contribution in [1.29, 1.82) is 0 Å². The van der Waals surface area contributed by atoms with Crippen molar-refractivity contribution in [2.45, 2.75) is 26.1 Å². The summed E-state index contributed by atoms with van der Waals surface area (Å²) < 4.78 is 42.3. The van der Waals surface area contributed by atoms with Crippen molar-refractivity contribution >= 4 is 5.95 Å². The third-order valence-corrected chi connectivity index (χ3v) is 1.48. The summed E-state index contributed by atoms with van der Waals surface area (Å²) in [4.78, 5) is 6.81. The summed E-state index contributed by atoms with van der Waals surface area (Å²) in [5, 5.41) is 0. The summed E-state index contributed by atoms with van der Waals surface area (Å²) in [5.74, 6) is 4.45. The number of anilines is 1. The quantitative estimate of drug-likeness (QED) is 0.615. The Bertz CT molecular complexity index is 367. The lowest BCUT2D eigenvalue weighted by atomic mass is 10.4. The zero-order chi connectivity index (χ0) is 12.3. The number of nitrogens with one attached hydrogen (secondary N) is 1. The van der Waals surface area contributed by atoms with Gasteiger partial charge in [0.1, 0.15) is 0 Å². The molecule has 0 amide bonds. The Labute approximate surface area is 89.8 Å². The molecule has 0 saturated heterocycles. The van der Waals surface area contributed by atoms with Crippen LogP contribution >= 0.6 is 0 Å². The lowest BCUT2D eigenvalue weighted by Crippen LogP contribution is -2.17. The normalized spacial score (nSPS) is 11.7. The zero-order valence-corrected chi connectivity index (χ0v) is 8.67. The molecule has 3 N–H and O–H groups in total. The van der Waals surface area contributed by atoms with Gasteiger partial charge in [0.25, 0.3) is 0 Å². The first-order valence-corrected chi connectivity index (χ1v) is 4.42. The monoisotopic (exact) mass is 236 g/mol. The number of alkyl halides is 3. The fourth-order valence-electron chi connectivity index (χ4n) is 0.937. The maximum absolute atomic E-state index is 12.4. The predicted octanol–water partition coefficient (Wildman–Crippen LogP) is 1.57. The molecule has 0 radical (unpaired) electrons. The number of hydrogen-bond acceptors (Lipinski definition) is 5. The van der Waals surface area contributed by atoms with Crippen molar-refractivity contribution in [2.75, 3.05) is 5.43 Å². The van der Waals surface area contributed by atoms with Crippen LogP contribution in [0.5, 0.6) is 5.88 Å². The van der Waals surface area contributed by atoms with Gasteiger partial charge >= 0.3 is 6.18 Å². The van der Waals surface area contributed by atoms with Crippen molar-refractivity contribution in [3.63, 3.8) is 0 Å². The van der Waals surface area contributed by atoms with Crippen LogP contribution in [0.3, 0.4) is 0 Å². The highest BCUT2D eigenvalue weighted by Crippen LogP contribution is 2.30. The Morgan fingerprint density at radius 2 is 2.00 bits per heavy atom. The summed E-state index contributed by atoms with van der Waals surface area (Å²) in [5.41, 5.74) is 0.845. The molecular weight excluding hydrogens is 225 g/mol. The van der Waals surface area contributed by atoms with Crippen molar-refractivity contribution in [3.05, 3.63) is 11.8 Å². The average molecular weight is 236 g/mol. The van der Waals surface area contributed by atoms with Gasteiger partial charge in [-0.05, 0) is 13.8 Å². The molecule has 0 aromatic carbocycles. The van der Waals surface area contributed by atoms with Crippen LogP contribution in [-0.2, 0) is 6.18 Å². The van der Waals surface area contributed by atoms with Gasteiger partial charge in [-0.2, -0.15) is 18.2 Å². The summed E-state index contributed by atoms with van der Waals surface area (Å²) in [6, 6.07) is 0.723. The van der Waals surface area contributed by atoms with Crippen molar-refractivity contribution < 1.29 is 17.9 Å². The molecule has 5 nitrogen and oxygen atoms in total. The third kappa shape index (κ3) is 3.23. The molecule has 90 valence electrons. The van der Waals surface area contributed by atoms with Crippen LogP contribution in [0.15, 0.2) is 6.07 Å². The number of rotatable bonds is 3. The van der Waals surface area contributed by atoms with Crippen LogP contribution in [0.4, 0.5) is 19.1 Å². The largest absolute Gasteiger partial charge is 0.475 e. The minimum Gasteiger partial charge on any atom is -0.475 e. The van der Waals surface area contributed by atoms with E-state index in [0.717, 1.165) is 6.07 Å². The van der Waals surface area contributed by atoms with Crippen LogP contribution < -0.4 is 16.0 Å². The van der Waals surface area contributed by atoms with E-state index in [2.05, 4.69) is 9.97 Å². The molecule has 1 heterocycles. The second-order valence-corrected chi connectivity index (χ2v) is 3.22. The van der Waals surface area contributed by atoms with Crippen LogP contribution in [0, 0.1) is 0 Å². The van der Waals surface area contributed by atoms with Gasteiger partial charge < -0.3 is 4.74 Å². The van der Waals surface area contributed by atoms with Gasteiger partial charge in [0.05, 0.1) is 6.10 Å². The predicted molar refractivity (Wildman–Crippen MR) is 50.6 cm³/mol. The van der Waals surface area contributed by atoms with Gasteiger partial charge in [-0.1, -0.05) is 0 Å². The van der Waals surface area contributed by atoms with Crippen molar-refractivity contribution in [1.82, 2.24) is 9.97 Å². The maximum atomic E-state index is 12.4. The highest BCUT2D eigenvalue weighted by Gasteiger charge is 2.34. The fourth-order valence-corrected chi connectivity index (χ4v) is 0.937. The molecule has 0 aliphatic carbocycles. The standard InChI is InChI=1S/C8H11F3N4O/c1-4(2)16-6-3-5(8(9,10)11)13-7(14-6)15-12/h3-4H,12H2,1-2H3,(H,13,14,15). The average Bonchev–Trinajstić information content (AvgIpc) is 2.14. The molecule has 0 fully saturated rings. The van der Waals surface area contributed by atoms with E-state index in [9.17, 15) is 13.2 Å². The molecule has 0 atom stereocenters. The summed E-state index contributed by atoms with van der Waals surface area (Å²) in [6.45, 7) is 3.34. The number of ether oxygens (including phenoxy) is 1. The van der Waals surface area contributed by atoms with Crippen molar-refractivity contribution in [3.8, 4) is 5.88 Å². The molecule has 0 aliphatic heterocycles. The Balaban J connectivity index is 3.11. The van der Waals surface area contributed by atoms with E-state index in [0.29, 0.717) is 0 Å². The Morgan fingerprint density at radius 3 is 2.44 bits per heavy atom. The first kappa shape index (κ1) is 12.5. The molecule has 16 heavy (non-hydrogen) atoms. The van der Waals surface area contributed by atoms with Crippen LogP contribution in [0.2, 0.25) is 0 Å². The zero-order valence-electron chi connectivity index (χ0n) is 8.67. The van der Waals surface area contributed by atoms with E-state index in [1.54, 1.807) is 13.8 Å². The smallest absolute Gasteiger partial charge is 0.433 e. The molecule has 0 aliphatic rings. The SMILES string of the molecule is CC(C)Oc1cc(C(F)(F)F)nc(NN)n1. The number of hydrazine groups is 1. The van der Waals surface area contributed by atoms with Crippen molar-refractivity contribution in [2.24, 2.45) is 5.84 Å². The molecule has 1 aromatic rings. The van der Waals surface area contributed by atoms with Gasteiger partial charge in [0.15, 0.2) is 5.69 Å². The first-order valence-electron chi connectivity index (χ1n) is 4.42. The lowest BCUT2D eigenvalue weighted by Gasteiger charge is -2.12. The number of nitrogen functional groups attached to an aromatic ring is 1. The molecule has 1 aromatic heterocycles. The van der Waals surface area contributed by atoms with Crippen LogP contribution in [0.25, 0.3) is 0 Å². The van der Waals surface area contributed by atoms with Gasteiger partial charge in [-0.3, -0.25) is 5.43 Å². The summed E-state index contributed by atoms with van der Waals surface area (Å²) in [7, 11) is 0. The van der Waals surface area contributed by atoms with Crippen LogP contribution in [-0.4, -0.2) is 16.1 Å². The minimum atomic E-state index is -4.57. The number of halogens is 3. The molecule has 0 bridgehead atoms. The van der Waals surface area contributed by atoms with E-state index in [1.165, 1.54) is 0 Å². The molecule has 0 saturated carbocycles. The van der Waals surface area contributed by atoms with E-state index < -0.39 is 11.9 Å². The topological polar surface area (TPSA) is 73.1 Å². The third-order valence-electron chi connectivity index (χ3n) is 1.48. The Hall–Kier alpha value is -1.57. The minimum absolute atomic E-state index is 0.176. The Morgan fingerprint density at radius 1 is 1.38 bits per heavy atom. The number of nitrogens with zero attached hydrogens (tertiary/aromatic N) is 2. The van der Waals surface area contributed by atoms with Gasteiger partial charge in [0, 0.05) is 6.07 Å². The van der Waals surface area contributed by atoms with Gasteiger partial charge in [-0.25, -0.2) is 10.8 Å². The van der Waals surface area contributed by atoms with E-state index in [4.69, 9.17) is 10.6 Å². The highest BCUT2D eigenvalue weighted by atomic mass is 19.4. The lowest BCUT2D eigenvalue weighted by molar-refractivity contribution is -0.141. The summed E-state index contributed by atoms with van der Waals surface area (Å²) >= 11 is 0. The molecule has 1 rings (SSSR count). The van der Waals surface area contributed by atoms with Gasteiger partial charge in [-0.15, -0.1) is 0 Å². The highest BCUT2D eigenvalue weighted by molar-refractivity contribution is 5.30. The van der Waals surface area contributed by atoms with Gasteiger partial charge in [0.2, 0.25) is 11.8 Å². The maximum Gasteiger partial charge on any atom is 0.433 e.